The number of hydrogen-bond acceptors (Lipinski definition) is 3. The predicted molar refractivity (Wildman–Crippen MR) is 76.7 cm³/mol. The maximum absolute atomic E-state index is 11.6. The van der Waals surface area contributed by atoms with E-state index >= 15 is 0 Å². The maximum atomic E-state index is 11.6. The number of carbonyl (C=O) groups is 1. The minimum absolute atomic E-state index is 0.110. The van der Waals surface area contributed by atoms with E-state index in [0.29, 0.717) is 18.0 Å². The molecule has 102 valence electrons. The quantitative estimate of drug-likeness (QED) is 0.760. The molecule has 0 amide bonds. The second-order valence-electron chi connectivity index (χ2n) is 5.75. The lowest BCUT2D eigenvalue weighted by Crippen LogP contribution is -2.27. The van der Waals surface area contributed by atoms with Crippen molar-refractivity contribution in [1.82, 2.24) is 0 Å². The second kappa shape index (κ2) is 5.68. The first-order valence-electron chi connectivity index (χ1n) is 6.96. The standard InChI is InChI=1S/C15H21BO3/c1-10(2)13(17)7-5-12-6-8-14-15(9-12)19-16(18-14)11(3)4/h6,8-11H,5,7H2,1-4H3. The van der Waals surface area contributed by atoms with Crippen molar-refractivity contribution in [2.75, 3.05) is 0 Å². The van der Waals surface area contributed by atoms with Crippen LogP contribution in [0.5, 0.6) is 11.5 Å². The molecule has 0 aliphatic carbocycles. The Hall–Kier alpha value is -1.45. The van der Waals surface area contributed by atoms with Gasteiger partial charge in [-0.3, -0.25) is 4.79 Å². The number of ketones is 1. The van der Waals surface area contributed by atoms with E-state index in [4.69, 9.17) is 9.31 Å². The lowest BCUT2D eigenvalue weighted by molar-refractivity contribution is -0.121. The highest BCUT2D eigenvalue weighted by molar-refractivity contribution is 6.49. The molecular weight excluding hydrogens is 239 g/mol. The fraction of sp³-hybridized carbons (Fsp3) is 0.533. The van der Waals surface area contributed by atoms with E-state index in [1.165, 1.54) is 0 Å². The zero-order valence-corrected chi connectivity index (χ0v) is 12.1. The third kappa shape index (κ3) is 3.31. The Morgan fingerprint density at radius 1 is 1.16 bits per heavy atom. The first-order chi connectivity index (χ1) is 8.97. The SMILES string of the molecule is CC(C)B1Oc2ccc(CCC(=O)C(C)C)cc2O1. The van der Waals surface area contributed by atoms with Crippen molar-refractivity contribution in [3.05, 3.63) is 23.8 Å². The summed E-state index contributed by atoms with van der Waals surface area (Å²) in [5.74, 6) is 2.33. The molecule has 0 saturated heterocycles. The van der Waals surface area contributed by atoms with Gasteiger partial charge in [-0.2, -0.15) is 0 Å². The predicted octanol–water partition coefficient (Wildman–Crippen LogP) is 3.51. The molecule has 3 nitrogen and oxygen atoms in total. The molecular formula is C15H21BO3. The molecule has 1 heterocycles. The van der Waals surface area contributed by atoms with Crippen LogP contribution in [0, 0.1) is 5.92 Å². The molecule has 0 spiro atoms. The number of rotatable bonds is 5. The van der Waals surface area contributed by atoms with Crippen molar-refractivity contribution < 1.29 is 14.1 Å². The average Bonchev–Trinajstić information content (AvgIpc) is 2.78. The summed E-state index contributed by atoms with van der Waals surface area (Å²) in [6.45, 7) is 8.02. The van der Waals surface area contributed by atoms with Crippen LogP contribution in [0.4, 0.5) is 0 Å². The van der Waals surface area contributed by atoms with E-state index in [1.807, 2.05) is 32.0 Å². The van der Waals surface area contributed by atoms with Gasteiger partial charge in [0.05, 0.1) is 0 Å². The van der Waals surface area contributed by atoms with Crippen LogP contribution in [0.15, 0.2) is 18.2 Å². The van der Waals surface area contributed by atoms with Gasteiger partial charge in [-0.05, 0) is 24.1 Å². The van der Waals surface area contributed by atoms with Crippen molar-refractivity contribution in [2.45, 2.75) is 46.4 Å². The molecule has 2 rings (SSSR count). The van der Waals surface area contributed by atoms with Gasteiger partial charge in [-0.1, -0.05) is 33.8 Å². The van der Waals surface area contributed by atoms with Gasteiger partial charge in [0, 0.05) is 18.2 Å². The van der Waals surface area contributed by atoms with Gasteiger partial charge in [-0.15, -0.1) is 0 Å². The minimum atomic E-state index is -0.192. The van der Waals surface area contributed by atoms with E-state index in [-0.39, 0.29) is 13.0 Å². The number of Topliss-reactive ketones (excluding diaryl/α,β-unsaturated/α-hetero) is 1. The van der Waals surface area contributed by atoms with E-state index in [1.54, 1.807) is 0 Å². The van der Waals surface area contributed by atoms with Gasteiger partial charge in [0.15, 0.2) is 0 Å². The van der Waals surface area contributed by atoms with Crippen molar-refractivity contribution in [3.8, 4) is 11.5 Å². The van der Waals surface area contributed by atoms with Gasteiger partial charge in [0.1, 0.15) is 17.3 Å². The monoisotopic (exact) mass is 260 g/mol. The summed E-state index contributed by atoms with van der Waals surface area (Å²) in [6, 6.07) is 5.94. The summed E-state index contributed by atoms with van der Waals surface area (Å²) in [7, 11) is -0.192. The van der Waals surface area contributed by atoms with Crippen LogP contribution in [-0.4, -0.2) is 12.9 Å². The first-order valence-corrected chi connectivity index (χ1v) is 6.96. The van der Waals surface area contributed by atoms with Gasteiger partial charge in [-0.25, -0.2) is 0 Å². The van der Waals surface area contributed by atoms with Crippen LogP contribution in [-0.2, 0) is 11.2 Å². The van der Waals surface area contributed by atoms with Crippen molar-refractivity contribution in [1.29, 1.82) is 0 Å². The van der Waals surface area contributed by atoms with Crippen LogP contribution in [0.3, 0.4) is 0 Å². The molecule has 0 unspecified atom stereocenters. The number of aryl methyl sites for hydroxylation is 1. The number of hydrogen-bond donors (Lipinski definition) is 0. The van der Waals surface area contributed by atoms with E-state index < -0.39 is 0 Å². The molecule has 0 aromatic heterocycles. The Balaban J connectivity index is 2.00. The van der Waals surface area contributed by atoms with E-state index in [2.05, 4.69) is 13.8 Å². The van der Waals surface area contributed by atoms with Crippen LogP contribution >= 0.6 is 0 Å². The topological polar surface area (TPSA) is 35.5 Å². The fourth-order valence-electron chi connectivity index (χ4n) is 2.00. The lowest BCUT2D eigenvalue weighted by atomic mass is 9.75. The molecule has 0 N–H and O–H groups in total. The molecule has 0 fully saturated rings. The summed E-state index contributed by atoms with van der Waals surface area (Å²) >= 11 is 0. The highest BCUT2D eigenvalue weighted by Gasteiger charge is 2.34. The smallest absolute Gasteiger partial charge is 0.523 e. The molecule has 0 saturated carbocycles. The Kier molecular flexibility index (Phi) is 4.18. The Morgan fingerprint density at radius 3 is 2.47 bits per heavy atom. The number of fused-ring (bicyclic) bond motifs is 1. The Morgan fingerprint density at radius 2 is 1.84 bits per heavy atom. The van der Waals surface area contributed by atoms with Crippen LogP contribution in [0.2, 0.25) is 5.82 Å². The molecule has 0 radical (unpaired) electrons. The third-order valence-corrected chi connectivity index (χ3v) is 3.34. The van der Waals surface area contributed by atoms with Crippen LogP contribution in [0.25, 0.3) is 0 Å². The summed E-state index contributed by atoms with van der Waals surface area (Å²) in [5, 5.41) is 0. The molecule has 1 aromatic rings. The molecule has 1 aliphatic rings. The summed E-state index contributed by atoms with van der Waals surface area (Å²) in [6.07, 6.45) is 1.35. The summed E-state index contributed by atoms with van der Waals surface area (Å²) < 4.78 is 11.5. The van der Waals surface area contributed by atoms with Crippen molar-refractivity contribution in [2.24, 2.45) is 5.92 Å². The van der Waals surface area contributed by atoms with Crippen molar-refractivity contribution in [3.63, 3.8) is 0 Å². The number of benzene rings is 1. The lowest BCUT2D eigenvalue weighted by Gasteiger charge is -2.06. The Bertz CT molecular complexity index is 468. The molecule has 19 heavy (non-hydrogen) atoms. The highest BCUT2D eigenvalue weighted by Crippen LogP contribution is 2.36. The fourth-order valence-corrected chi connectivity index (χ4v) is 2.00. The van der Waals surface area contributed by atoms with Crippen molar-refractivity contribution >= 4 is 12.9 Å². The summed E-state index contributed by atoms with van der Waals surface area (Å²) in [4.78, 5) is 11.6. The maximum Gasteiger partial charge on any atom is 0.597 e. The highest BCUT2D eigenvalue weighted by atomic mass is 16.6. The van der Waals surface area contributed by atoms with Gasteiger partial charge < -0.3 is 9.31 Å². The largest absolute Gasteiger partial charge is 0.597 e. The second-order valence-corrected chi connectivity index (χ2v) is 5.75. The third-order valence-electron chi connectivity index (χ3n) is 3.34. The van der Waals surface area contributed by atoms with Crippen LogP contribution < -0.4 is 9.31 Å². The normalized spacial score (nSPS) is 13.5. The number of carbonyl (C=O) groups excluding carboxylic acids is 1. The zero-order valence-electron chi connectivity index (χ0n) is 12.1. The van der Waals surface area contributed by atoms with Gasteiger partial charge in [0.25, 0.3) is 0 Å². The molecule has 0 atom stereocenters. The summed E-state index contributed by atoms with van der Waals surface area (Å²) in [5.41, 5.74) is 1.13. The van der Waals surface area contributed by atoms with Gasteiger partial charge >= 0.3 is 7.12 Å². The zero-order chi connectivity index (χ0) is 14.0. The van der Waals surface area contributed by atoms with E-state index in [9.17, 15) is 4.79 Å². The van der Waals surface area contributed by atoms with E-state index in [0.717, 1.165) is 23.5 Å². The average molecular weight is 260 g/mol. The molecule has 4 heteroatoms. The van der Waals surface area contributed by atoms with Crippen LogP contribution in [0.1, 0.15) is 39.7 Å². The molecule has 1 aromatic carbocycles. The van der Waals surface area contributed by atoms with Gasteiger partial charge in [0.2, 0.25) is 0 Å². The minimum Gasteiger partial charge on any atom is -0.523 e. The molecule has 0 bridgehead atoms. The molecule has 1 aliphatic heterocycles. The first kappa shape index (κ1) is 14.0. The Labute approximate surface area is 115 Å².